The highest BCUT2D eigenvalue weighted by Crippen LogP contribution is 2.30. The second-order valence-electron chi connectivity index (χ2n) is 7.20. The van der Waals surface area contributed by atoms with Gasteiger partial charge in [-0.2, -0.15) is 0 Å². The summed E-state index contributed by atoms with van der Waals surface area (Å²) in [6.45, 7) is 17.9. The molecule has 2 unspecified atom stereocenters. The molecule has 0 rings (SSSR count). The van der Waals surface area contributed by atoms with Gasteiger partial charge in [0.2, 0.25) is 0 Å². The van der Waals surface area contributed by atoms with Crippen molar-refractivity contribution in [3.05, 3.63) is 10.2 Å². The molecule has 0 N–H and O–H groups in total. The van der Waals surface area contributed by atoms with Crippen LogP contribution in [0.2, 0.25) is 39.3 Å². The second kappa shape index (κ2) is 7.72. The minimum Gasteiger partial charge on any atom is -0.412 e. The van der Waals surface area contributed by atoms with E-state index in [4.69, 9.17) is 8.85 Å². The lowest BCUT2D eigenvalue weighted by atomic mass is 9.96. The highest BCUT2D eigenvalue weighted by atomic mass is 127. The third-order valence-corrected chi connectivity index (χ3v) is 5.01. The molecule has 0 saturated heterocycles. The Kier molecular flexibility index (Phi) is 8.06. The van der Waals surface area contributed by atoms with Gasteiger partial charge in [-0.15, -0.1) is 0 Å². The van der Waals surface area contributed by atoms with Crippen LogP contribution in [0.25, 0.3) is 0 Å². The van der Waals surface area contributed by atoms with E-state index in [1.165, 1.54) is 0 Å². The molecule has 0 aromatic carbocycles. The molecule has 19 heavy (non-hydrogen) atoms. The standard InChI is InChI=1S/C14H31IO2Si2/c1-9-10-13(16-18(3,4)5)14(2,11-12-15)17-19(6,7)8/h11-13H,9-10H2,1-8H3. The van der Waals surface area contributed by atoms with Crippen LogP contribution in [0.4, 0.5) is 0 Å². The largest absolute Gasteiger partial charge is 0.412 e. The van der Waals surface area contributed by atoms with E-state index in [9.17, 15) is 0 Å². The lowest BCUT2D eigenvalue weighted by molar-refractivity contribution is -0.00612. The molecule has 5 heteroatoms. The lowest BCUT2D eigenvalue weighted by Crippen LogP contribution is -2.51. The normalized spacial score (nSPS) is 18.6. The van der Waals surface area contributed by atoms with Crippen molar-refractivity contribution in [3.63, 3.8) is 0 Å². The number of rotatable bonds is 8. The fraction of sp³-hybridized carbons (Fsp3) is 0.857. The van der Waals surface area contributed by atoms with Crippen molar-refractivity contribution in [3.8, 4) is 0 Å². The van der Waals surface area contributed by atoms with Crippen LogP contribution in [0.3, 0.4) is 0 Å². The van der Waals surface area contributed by atoms with Crippen LogP contribution in [0.5, 0.6) is 0 Å². The van der Waals surface area contributed by atoms with Gasteiger partial charge in [0, 0.05) is 0 Å². The minimum atomic E-state index is -1.62. The van der Waals surface area contributed by atoms with Gasteiger partial charge in [0.25, 0.3) is 0 Å². The van der Waals surface area contributed by atoms with Gasteiger partial charge >= 0.3 is 0 Å². The van der Waals surface area contributed by atoms with Gasteiger partial charge in [-0.1, -0.05) is 35.9 Å². The molecule has 0 aliphatic carbocycles. The molecule has 0 aliphatic heterocycles. The van der Waals surface area contributed by atoms with Gasteiger partial charge in [-0.05, 0) is 62.8 Å². The van der Waals surface area contributed by atoms with Gasteiger partial charge in [-0.25, -0.2) is 0 Å². The Bertz CT molecular complexity index is 295. The van der Waals surface area contributed by atoms with Gasteiger partial charge < -0.3 is 8.85 Å². The fourth-order valence-electron chi connectivity index (χ4n) is 2.14. The Morgan fingerprint density at radius 3 is 1.95 bits per heavy atom. The summed E-state index contributed by atoms with van der Waals surface area (Å²) in [5.41, 5.74) is -0.304. The summed E-state index contributed by atoms with van der Waals surface area (Å²) in [4.78, 5) is 0. The molecule has 0 bridgehead atoms. The Morgan fingerprint density at radius 1 is 1.11 bits per heavy atom. The summed E-state index contributed by atoms with van der Waals surface area (Å²) < 4.78 is 15.0. The molecule has 0 heterocycles. The predicted molar refractivity (Wildman–Crippen MR) is 99.1 cm³/mol. The SMILES string of the molecule is CCCC(O[Si](C)(C)C)C(C)(C=CI)O[Si](C)(C)C. The summed E-state index contributed by atoms with van der Waals surface area (Å²) in [6.07, 6.45) is 4.50. The number of halogens is 1. The molecule has 2 atom stereocenters. The van der Waals surface area contributed by atoms with E-state index >= 15 is 0 Å². The molecule has 0 aromatic heterocycles. The van der Waals surface area contributed by atoms with Crippen LogP contribution in [-0.4, -0.2) is 28.3 Å². The molecule has 0 radical (unpaired) electrons. The van der Waals surface area contributed by atoms with E-state index in [-0.39, 0.29) is 11.7 Å². The van der Waals surface area contributed by atoms with Crippen molar-refractivity contribution >= 4 is 39.2 Å². The highest BCUT2D eigenvalue weighted by molar-refractivity contribution is 14.1. The van der Waals surface area contributed by atoms with Crippen LogP contribution in [0.15, 0.2) is 10.2 Å². The van der Waals surface area contributed by atoms with Crippen molar-refractivity contribution in [1.29, 1.82) is 0 Å². The molecule has 0 fully saturated rings. The summed E-state index contributed by atoms with van der Waals surface area (Å²) in [5.74, 6) is 0. The summed E-state index contributed by atoms with van der Waals surface area (Å²) in [7, 11) is -3.19. The third kappa shape index (κ3) is 8.65. The molecule has 0 saturated carbocycles. The maximum absolute atomic E-state index is 6.47. The van der Waals surface area contributed by atoms with E-state index in [0.29, 0.717) is 0 Å². The first-order valence-corrected chi connectivity index (χ1v) is 15.2. The van der Waals surface area contributed by atoms with Crippen LogP contribution < -0.4 is 0 Å². The zero-order valence-electron chi connectivity index (χ0n) is 13.8. The van der Waals surface area contributed by atoms with Crippen LogP contribution in [0.1, 0.15) is 26.7 Å². The van der Waals surface area contributed by atoms with Crippen LogP contribution in [-0.2, 0) is 8.85 Å². The zero-order chi connectivity index (χ0) is 15.3. The average molecular weight is 414 g/mol. The van der Waals surface area contributed by atoms with Gasteiger partial charge in [-0.3, -0.25) is 0 Å². The molecule has 0 spiro atoms. The summed E-state index contributed by atoms with van der Waals surface area (Å²) in [6, 6.07) is 0. The Hall–Kier alpha value is 0.824. The Labute approximate surface area is 135 Å². The van der Waals surface area contributed by atoms with Crippen molar-refractivity contribution in [2.75, 3.05) is 0 Å². The monoisotopic (exact) mass is 414 g/mol. The molecule has 114 valence electrons. The first-order chi connectivity index (χ1) is 8.43. The zero-order valence-corrected chi connectivity index (χ0v) is 18.0. The first-order valence-electron chi connectivity index (χ1n) is 7.09. The maximum atomic E-state index is 6.47. The molecule has 0 aromatic rings. The Morgan fingerprint density at radius 2 is 1.63 bits per heavy atom. The number of hydrogen-bond acceptors (Lipinski definition) is 2. The smallest absolute Gasteiger partial charge is 0.185 e. The molecule has 0 aliphatic rings. The van der Waals surface area contributed by atoms with Crippen molar-refractivity contribution in [2.24, 2.45) is 0 Å². The van der Waals surface area contributed by atoms with Gasteiger partial charge in [0.05, 0.1) is 11.7 Å². The third-order valence-electron chi connectivity index (χ3n) is 2.61. The Balaban J connectivity index is 5.26. The van der Waals surface area contributed by atoms with E-state index in [0.717, 1.165) is 12.8 Å². The van der Waals surface area contributed by atoms with Gasteiger partial charge in [0.15, 0.2) is 16.6 Å². The summed E-state index contributed by atoms with van der Waals surface area (Å²) in [5, 5.41) is 0. The van der Waals surface area contributed by atoms with Crippen molar-refractivity contribution in [2.45, 2.75) is 77.7 Å². The van der Waals surface area contributed by atoms with Crippen molar-refractivity contribution < 1.29 is 8.85 Å². The van der Waals surface area contributed by atoms with E-state index < -0.39 is 16.6 Å². The van der Waals surface area contributed by atoms with E-state index in [1.54, 1.807) is 0 Å². The lowest BCUT2D eigenvalue weighted by Gasteiger charge is -2.42. The van der Waals surface area contributed by atoms with E-state index in [1.807, 2.05) is 0 Å². The maximum Gasteiger partial charge on any atom is 0.185 e. The first kappa shape index (κ1) is 19.8. The highest BCUT2D eigenvalue weighted by Gasteiger charge is 2.39. The molecular weight excluding hydrogens is 383 g/mol. The van der Waals surface area contributed by atoms with Crippen molar-refractivity contribution in [1.82, 2.24) is 0 Å². The predicted octanol–water partition coefficient (Wildman–Crippen LogP) is 5.57. The molecular formula is C14H31IO2Si2. The van der Waals surface area contributed by atoms with Gasteiger partial charge in [0.1, 0.15) is 0 Å². The fourth-order valence-corrected chi connectivity index (χ4v) is 5.58. The van der Waals surface area contributed by atoms with Crippen LogP contribution >= 0.6 is 22.6 Å². The molecule has 2 nitrogen and oxygen atoms in total. The summed E-state index contributed by atoms with van der Waals surface area (Å²) >= 11 is 2.27. The minimum absolute atomic E-state index is 0.155. The van der Waals surface area contributed by atoms with E-state index in [2.05, 4.69) is 85.9 Å². The molecule has 0 amide bonds. The average Bonchev–Trinajstić information content (AvgIpc) is 2.12. The number of hydrogen-bond donors (Lipinski definition) is 0. The topological polar surface area (TPSA) is 18.5 Å². The second-order valence-corrected chi connectivity index (χ2v) is 16.8. The quantitative estimate of drug-likeness (QED) is 0.382. The van der Waals surface area contributed by atoms with Crippen LogP contribution in [0, 0.1) is 0 Å².